The van der Waals surface area contributed by atoms with Crippen LogP contribution in [0.3, 0.4) is 0 Å². The fourth-order valence-corrected chi connectivity index (χ4v) is 0.404. The maximum Gasteiger partial charge on any atom is 0.251 e. The molecule has 0 saturated heterocycles. The normalized spacial score (nSPS) is 17.0. The molecule has 0 aromatic carbocycles. The minimum Gasteiger partial charge on any atom is -0.0832 e. The molecule has 1 nitrogen and oxygen atoms in total. The van der Waals surface area contributed by atoms with Crippen LogP contribution >= 0.6 is 11.6 Å². The Kier molecular flexibility index (Phi) is 1.27. The summed E-state index contributed by atoms with van der Waals surface area (Å²) in [5.41, 5.74) is 0. The van der Waals surface area contributed by atoms with Crippen molar-refractivity contribution in [3.05, 3.63) is 23.4 Å². The SMILES string of the molecule is ClC1=[C]C=[N+]C=C1. The molecule has 0 aromatic rings. The van der Waals surface area contributed by atoms with Gasteiger partial charge in [0.05, 0.1) is 16.1 Å². The highest BCUT2D eigenvalue weighted by Crippen LogP contribution is 2.00. The van der Waals surface area contributed by atoms with Crippen molar-refractivity contribution in [2.45, 2.75) is 0 Å². The van der Waals surface area contributed by atoms with Crippen LogP contribution in [0.2, 0.25) is 0 Å². The molecule has 0 spiro atoms. The van der Waals surface area contributed by atoms with Crippen LogP contribution in [0.25, 0.3) is 0 Å². The lowest BCUT2D eigenvalue weighted by molar-refractivity contribution is 1.38. The Hall–Kier alpha value is -0.560. The molecule has 0 amide bonds. The lowest BCUT2D eigenvalue weighted by Gasteiger charge is -1.76. The predicted molar refractivity (Wildman–Crippen MR) is 29.9 cm³/mol. The molecule has 2 radical (unpaired) electrons. The van der Waals surface area contributed by atoms with Crippen molar-refractivity contribution >= 4 is 17.8 Å². The van der Waals surface area contributed by atoms with Gasteiger partial charge in [-0.1, -0.05) is 11.6 Å². The second kappa shape index (κ2) is 1.94. The Balaban J connectivity index is 2.82. The Morgan fingerprint density at radius 2 is 2.57 bits per heavy atom. The number of allylic oxidation sites excluding steroid dienone is 3. The van der Waals surface area contributed by atoms with Gasteiger partial charge in [0, 0.05) is 6.08 Å². The van der Waals surface area contributed by atoms with Gasteiger partial charge in [0.2, 0.25) is 6.20 Å². The molecule has 0 unspecified atom stereocenters. The summed E-state index contributed by atoms with van der Waals surface area (Å²) in [5.74, 6) is 0. The average molecular weight is 113 g/mol. The second-order valence-corrected chi connectivity index (χ2v) is 1.49. The first-order chi connectivity index (χ1) is 3.39. The summed E-state index contributed by atoms with van der Waals surface area (Å²) < 4.78 is 0. The van der Waals surface area contributed by atoms with Crippen molar-refractivity contribution in [3.63, 3.8) is 0 Å². The highest BCUT2D eigenvalue weighted by Gasteiger charge is 1.93. The van der Waals surface area contributed by atoms with Crippen LogP contribution in [0.15, 0.2) is 17.3 Å². The highest BCUT2D eigenvalue weighted by atomic mass is 35.5. The molecule has 1 rings (SSSR count). The van der Waals surface area contributed by atoms with Crippen LogP contribution in [0, 0.1) is 6.08 Å². The van der Waals surface area contributed by atoms with Gasteiger partial charge in [-0.25, -0.2) is 0 Å². The molecule has 0 N–H and O–H groups in total. The van der Waals surface area contributed by atoms with E-state index in [2.05, 4.69) is 11.1 Å². The molecule has 0 aliphatic carbocycles. The molecule has 0 bridgehead atoms. The zero-order valence-corrected chi connectivity index (χ0v) is 4.31. The third-order valence-corrected chi connectivity index (χ3v) is 0.819. The molecule has 0 aromatic heterocycles. The second-order valence-electron chi connectivity index (χ2n) is 1.09. The van der Waals surface area contributed by atoms with Gasteiger partial charge >= 0.3 is 0 Å². The number of nitrogens with zero attached hydrogens (tertiary/aromatic N) is 1. The summed E-state index contributed by atoms with van der Waals surface area (Å²) in [4.78, 5) is 3.71. The minimum atomic E-state index is 0.606. The van der Waals surface area contributed by atoms with Gasteiger partial charge < -0.3 is 0 Å². The Morgan fingerprint density at radius 3 is 2.86 bits per heavy atom. The van der Waals surface area contributed by atoms with E-state index in [0.29, 0.717) is 5.03 Å². The zero-order valence-electron chi connectivity index (χ0n) is 3.56. The van der Waals surface area contributed by atoms with E-state index < -0.39 is 0 Å². The largest absolute Gasteiger partial charge is 0.251 e. The smallest absolute Gasteiger partial charge is 0.0832 e. The Bertz CT molecular complexity index is 144. The number of hydrogen-bond acceptors (Lipinski definition) is 1. The van der Waals surface area contributed by atoms with Crippen molar-refractivity contribution in [3.8, 4) is 0 Å². The van der Waals surface area contributed by atoms with Gasteiger partial charge in [-0.3, -0.25) is 0 Å². The monoisotopic (exact) mass is 112 g/mol. The lowest BCUT2D eigenvalue weighted by atomic mass is 10.4. The molecule has 0 fully saturated rings. The molecule has 7 heavy (non-hydrogen) atoms. The predicted octanol–water partition coefficient (Wildman–Crippen LogP) is 0.846. The van der Waals surface area contributed by atoms with Crippen LogP contribution in [0.4, 0.5) is 0 Å². The fraction of sp³-hybridized carbons (Fsp3) is 0. The molecule has 1 aliphatic rings. The average Bonchev–Trinajstić information content (AvgIpc) is 1.69. The van der Waals surface area contributed by atoms with E-state index in [4.69, 9.17) is 11.6 Å². The van der Waals surface area contributed by atoms with Crippen LogP contribution in [-0.4, -0.2) is 6.21 Å². The van der Waals surface area contributed by atoms with Gasteiger partial charge in [0.1, 0.15) is 0 Å². The van der Waals surface area contributed by atoms with E-state index in [1.54, 1.807) is 12.3 Å². The Labute approximate surface area is 47.0 Å². The molecule has 2 heteroatoms. The van der Waals surface area contributed by atoms with Crippen molar-refractivity contribution in [2.24, 2.45) is 0 Å². The first-order valence-corrected chi connectivity index (χ1v) is 2.24. The van der Waals surface area contributed by atoms with Crippen molar-refractivity contribution < 1.29 is 0 Å². The molecule has 1 aliphatic heterocycles. The first kappa shape index (κ1) is 4.60. The summed E-state index contributed by atoms with van der Waals surface area (Å²) in [7, 11) is 0. The molecule has 0 atom stereocenters. The maximum atomic E-state index is 5.44. The van der Waals surface area contributed by atoms with E-state index in [0.717, 1.165) is 0 Å². The van der Waals surface area contributed by atoms with E-state index in [-0.39, 0.29) is 0 Å². The fourth-order valence-electron chi connectivity index (χ4n) is 0.299. The zero-order chi connectivity index (χ0) is 5.11. The van der Waals surface area contributed by atoms with Crippen molar-refractivity contribution in [1.29, 1.82) is 0 Å². The van der Waals surface area contributed by atoms with E-state index in [9.17, 15) is 0 Å². The lowest BCUT2D eigenvalue weighted by Crippen LogP contribution is -1.84. The van der Waals surface area contributed by atoms with E-state index in [1.165, 1.54) is 6.21 Å². The van der Waals surface area contributed by atoms with Gasteiger partial charge in [0.15, 0.2) is 0 Å². The molecular weight excluding hydrogens is 110 g/mol. The summed E-state index contributed by atoms with van der Waals surface area (Å²) in [6, 6.07) is 0. The van der Waals surface area contributed by atoms with Crippen LogP contribution < -0.4 is 4.99 Å². The quantitative estimate of drug-likeness (QED) is 0.441. The molecule has 0 saturated carbocycles. The summed E-state index contributed by atoms with van der Waals surface area (Å²) in [5, 5.41) is 0.606. The van der Waals surface area contributed by atoms with Crippen LogP contribution in [-0.2, 0) is 0 Å². The van der Waals surface area contributed by atoms with Gasteiger partial charge in [-0.2, -0.15) is 0 Å². The van der Waals surface area contributed by atoms with Crippen LogP contribution in [0.1, 0.15) is 0 Å². The first-order valence-electron chi connectivity index (χ1n) is 1.87. The van der Waals surface area contributed by atoms with Crippen molar-refractivity contribution in [2.75, 3.05) is 0 Å². The summed E-state index contributed by atoms with van der Waals surface area (Å²) in [6.45, 7) is 0. The molecule has 1 heterocycles. The van der Waals surface area contributed by atoms with Crippen LogP contribution in [0.5, 0.6) is 0 Å². The minimum absolute atomic E-state index is 0.606. The third kappa shape index (κ3) is 1.16. The highest BCUT2D eigenvalue weighted by molar-refractivity contribution is 6.31. The van der Waals surface area contributed by atoms with E-state index >= 15 is 0 Å². The maximum absolute atomic E-state index is 5.44. The molecular formula is C5H3ClN+. The number of halogens is 1. The van der Waals surface area contributed by atoms with Crippen molar-refractivity contribution in [1.82, 2.24) is 4.99 Å². The molecule has 34 valence electrons. The number of hydrogen-bond donors (Lipinski definition) is 0. The topological polar surface area (TPSA) is 14.1 Å². The van der Waals surface area contributed by atoms with Gasteiger partial charge in [-0.05, 0) is 0 Å². The van der Waals surface area contributed by atoms with Gasteiger partial charge in [0.25, 0.3) is 6.21 Å². The number of rotatable bonds is 0. The standard InChI is InChI=1S/C5H3ClN/c6-5-1-3-7-4-2-5/h1,3-4H/q+1. The van der Waals surface area contributed by atoms with Gasteiger partial charge in [-0.15, -0.1) is 0 Å². The summed E-state index contributed by atoms with van der Waals surface area (Å²) in [6.07, 6.45) is 7.52. The van der Waals surface area contributed by atoms with E-state index in [1.807, 2.05) is 0 Å². The summed E-state index contributed by atoms with van der Waals surface area (Å²) >= 11 is 5.44. The third-order valence-electron chi connectivity index (χ3n) is 0.584. The Morgan fingerprint density at radius 1 is 1.71 bits per heavy atom. The number of aliphatic imine (C=N–C) groups is 1.